The number of ether oxygens (including phenoxy) is 1. The lowest BCUT2D eigenvalue weighted by Gasteiger charge is -2.24. The largest absolute Gasteiger partial charge is 0.383 e. The van der Waals surface area contributed by atoms with Crippen LogP contribution in [0.1, 0.15) is 0 Å². The number of hydrogen-bond donors (Lipinski definition) is 2. The highest BCUT2D eigenvalue weighted by Crippen LogP contribution is 1.99. The van der Waals surface area contributed by atoms with Crippen molar-refractivity contribution in [1.29, 1.82) is 10.5 Å². The summed E-state index contributed by atoms with van der Waals surface area (Å²) in [6.45, 7) is 0.0103. The van der Waals surface area contributed by atoms with E-state index in [1.165, 1.54) is 12.0 Å². The SMILES string of the molecule is COCC(C(=O)NN)N(CC#N)CC#N. The summed E-state index contributed by atoms with van der Waals surface area (Å²) in [5, 5.41) is 17.1. The quantitative estimate of drug-likeness (QED) is 0.235. The van der Waals surface area contributed by atoms with E-state index in [0.717, 1.165) is 0 Å². The van der Waals surface area contributed by atoms with Crippen LogP contribution in [0, 0.1) is 22.7 Å². The fourth-order valence-corrected chi connectivity index (χ4v) is 1.06. The van der Waals surface area contributed by atoms with Gasteiger partial charge in [0.1, 0.15) is 6.04 Å². The van der Waals surface area contributed by atoms with Gasteiger partial charge in [0.15, 0.2) is 0 Å². The molecule has 7 heteroatoms. The lowest BCUT2D eigenvalue weighted by atomic mass is 10.2. The zero-order valence-corrected chi connectivity index (χ0v) is 8.43. The van der Waals surface area contributed by atoms with Crippen molar-refractivity contribution in [3.8, 4) is 12.1 Å². The van der Waals surface area contributed by atoms with E-state index in [9.17, 15) is 4.79 Å². The van der Waals surface area contributed by atoms with Gasteiger partial charge in [-0.3, -0.25) is 15.1 Å². The van der Waals surface area contributed by atoms with Crippen molar-refractivity contribution >= 4 is 5.91 Å². The van der Waals surface area contributed by atoms with Crippen LogP contribution in [-0.2, 0) is 9.53 Å². The normalized spacial score (nSPS) is 11.5. The molecule has 0 saturated heterocycles. The minimum Gasteiger partial charge on any atom is -0.383 e. The molecular formula is C8H13N5O2. The maximum absolute atomic E-state index is 11.3. The number of amides is 1. The minimum absolute atomic E-state index is 0.0327. The second-order valence-corrected chi connectivity index (χ2v) is 2.70. The number of hydrogen-bond acceptors (Lipinski definition) is 6. The van der Waals surface area contributed by atoms with E-state index < -0.39 is 11.9 Å². The van der Waals surface area contributed by atoms with Crippen molar-refractivity contribution in [3.05, 3.63) is 0 Å². The molecule has 7 nitrogen and oxygen atoms in total. The molecule has 1 unspecified atom stereocenters. The van der Waals surface area contributed by atoms with Crippen LogP contribution in [-0.4, -0.2) is 43.7 Å². The molecule has 0 aromatic heterocycles. The average Bonchev–Trinajstić information content (AvgIpc) is 2.25. The zero-order chi connectivity index (χ0) is 11.7. The van der Waals surface area contributed by atoms with Crippen LogP contribution in [0.3, 0.4) is 0 Å². The predicted molar refractivity (Wildman–Crippen MR) is 50.8 cm³/mol. The topological polar surface area (TPSA) is 115 Å². The van der Waals surface area contributed by atoms with Crippen LogP contribution in [0.25, 0.3) is 0 Å². The molecule has 0 radical (unpaired) electrons. The molecular weight excluding hydrogens is 198 g/mol. The molecule has 0 bridgehead atoms. The standard InChI is InChI=1S/C8H13N5O2/c1-15-6-7(8(14)12-11)13(4-2-9)5-3-10/h7H,4-6,11H2,1H3,(H,12,14). The van der Waals surface area contributed by atoms with Crippen molar-refractivity contribution in [2.45, 2.75) is 6.04 Å². The molecule has 0 rings (SSSR count). The number of nitrogens with two attached hydrogens (primary N) is 1. The van der Waals surface area contributed by atoms with Crippen LogP contribution < -0.4 is 11.3 Å². The van der Waals surface area contributed by atoms with Crippen molar-refractivity contribution in [2.24, 2.45) is 5.84 Å². The van der Waals surface area contributed by atoms with Gasteiger partial charge in [0.2, 0.25) is 0 Å². The third-order valence-electron chi connectivity index (χ3n) is 1.76. The first kappa shape index (κ1) is 13.3. The van der Waals surface area contributed by atoms with Gasteiger partial charge < -0.3 is 4.74 Å². The van der Waals surface area contributed by atoms with Gasteiger partial charge in [-0.05, 0) is 0 Å². The summed E-state index contributed by atoms with van der Waals surface area (Å²) in [6, 6.07) is 3.01. The third-order valence-corrected chi connectivity index (χ3v) is 1.76. The number of rotatable bonds is 6. The van der Waals surface area contributed by atoms with E-state index in [1.54, 1.807) is 0 Å². The second-order valence-electron chi connectivity index (χ2n) is 2.70. The van der Waals surface area contributed by atoms with Gasteiger partial charge in [0.05, 0.1) is 31.8 Å². The van der Waals surface area contributed by atoms with Gasteiger partial charge in [-0.1, -0.05) is 0 Å². The van der Waals surface area contributed by atoms with Gasteiger partial charge >= 0.3 is 0 Å². The Labute approximate surface area is 88.0 Å². The maximum Gasteiger partial charge on any atom is 0.253 e. The van der Waals surface area contributed by atoms with Crippen LogP contribution in [0.5, 0.6) is 0 Å². The highest BCUT2D eigenvalue weighted by molar-refractivity contribution is 5.81. The fourth-order valence-electron chi connectivity index (χ4n) is 1.06. The zero-order valence-electron chi connectivity index (χ0n) is 8.43. The van der Waals surface area contributed by atoms with Gasteiger partial charge in [0, 0.05) is 7.11 Å². The number of carbonyl (C=O) groups is 1. The first-order valence-corrected chi connectivity index (χ1v) is 4.18. The molecule has 0 aliphatic heterocycles. The van der Waals surface area contributed by atoms with Gasteiger partial charge in [-0.15, -0.1) is 0 Å². The second kappa shape index (κ2) is 7.71. The minimum atomic E-state index is -0.723. The number of carbonyl (C=O) groups excluding carboxylic acids is 1. The van der Waals surface area contributed by atoms with E-state index in [2.05, 4.69) is 0 Å². The van der Waals surface area contributed by atoms with Crippen molar-refractivity contribution in [3.63, 3.8) is 0 Å². The first-order chi connectivity index (χ1) is 7.21. The highest BCUT2D eigenvalue weighted by atomic mass is 16.5. The highest BCUT2D eigenvalue weighted by Gasteiger charge is 2.24. The van der Waals surface area contributed by atoms with Crippen LogP contribution in [0.15, 0.2) is 0 Å². The Bertz CT molecular complexity index is 264. The summed E-state index contributed by atoms with van der Waals surface area (Å²) in [5.41, 5.74) is 1.97. The molecule has 0 fully saturated rings. The lowest BCUT2D eigenvalue weighted by Crippen LogP contribution is -2.51. The Morgan fingerprint density at radius 3 is 2.40 bits per heavy atom. The molecule has 82 valence electrons. The van der Waals surface area contributed by atoms with Gasteiger partial charge in [-0.2, -0.15) is 10.5 Å². The molecule has 1 atom stereocenters. The van der Waals surface area contributed by atoms with E-state index in [4.69, 9.17) is 21.1 Å². The van der Waals surface area contributed by atoms with E-state index in [-0.39, 0.29) is 19.7 Å². The maximum atomic E-state index is 11.3. The van der Waals surface area contributed by atoms with Crippen molar-refractivity contribution in [1.82, 2.24) is 10.3 Å². The summed E-state index contributed by atoms with van der Waals surface area (Å²) >= 11 is 0. The molecule has 3 N–H and O–H groups in total. The molecule has 0 aromatic carbocycles. The molecule has 0 aromatic rings. The third kappa shape index (κ3) is 4.38. The smallest absolute Gasteiger partial charge is 0.253 e. The molecule has 15 heavy (non-hydrogen) atoms. The Balaban J connectivity index is 4.60. The molecule has 0 spiro atoms. The summed E-state index contributed by atoms with van der Waals surface area (Å²) < 4.78 is 4.82. The summed E-state index contributed by atoms with van der Waals surface area (Å²) in [5.74, 6) is 4.50. The van der Waals surface area contributed by atoms with Gasteiger partial charge in [0.25, 0.3) is 5.91 Å². The number of hydrazine groups is 1. The van der Waals surface area contributed by atoms with Crippen LogP contribution in [0.2, 0.25) is 0 Å². The Morgan fingerprint density at radius 1 is 1.53 bits per heavy atom. The lowest BCUT2D eigenvalue weighted by molar-refractivity contribution is -0.127. The molecule has 0 saturated carbocycles. The van der Waals surface area contributed by atoms with E-state index >= 15 is 0 Å². The first-order valence-electron chi connectivity index (χ1n) is 4.18. The summed E-state index contributed by atoms with van der Waals surface area (Å²) in [6.07, 6.45) is 0. The Hall–Kier alpha value is -1.67. The summed E-state index contributed by atoms with van der Waals surface area (Å²) in [7, 11) is 1.42. The number of methoxy groups -OCH3 is 1. The Morgan fingerprint density at radius 2 is 2.07 bits per heavy atom. The average molecular weight is 211 g/mol. The number of nitriles is 2. The van der Waals surface area contributed by atoms with Crippen LogP contribution >= 0.6 is 0 Å². The number of nitrogens with zero attached hydrogens (tertiary/aromatic N) is 3. The van der Waals surface area contributed by atoms with Crippen LogP contribution in [0.4, 0.5) is 0 Å². The van der Waals surface area contributed by atoms with E-state index in [1.807, 2.05) is 17.6 Å². The fraction of sp³-hybridized carbons (Fsp3) is 0.625. The van der Waals surface area contributed by atoms with Gasteiger partial charge in [-0.25, -0.2) is 5.84 Å². The predicted octanol–water partition coefficient (Wildman–Crippen LogP) is -1.66. The molecule has 0 aliphatic carbocycles. The molecule has 0 heterocycles. The Kier molecular flexibility index (Phi) is 6.85. The van der Waals surface area contributed by atoms with Crippen molar-refractivity contribution in [2.75, 3.05) is 26.8 Å². The monoisotopic (exact) mass is 211 g/mol. The summed E-state index contributed by atoms with van der Waals surface area (Å²) in [4.78, 5) is 12.7. The van der Waals surface area contributed by atoms with Crippen molar-refractivity contribution < 1.29 is 9.53 Å². The van der Waals surface area contributed by atoms with E-state index in [0.29, 0.717) is 0 Å². The number of nitrogens with one attached hydrogen (secondary N) is 1. The molecule has 0 aliphatic rings. The molecule has 1 amide bonds.